The quantitative estimate of drug-likeness (QED) is 0.570. The van der Waals surface area contributed by atoms with E-state index in [1.165, 1.54) is 6.20 Å². The van der Waals surface area contributed by atoms with Crippen molar-refractivity contribution >= 4 is 10.0 Å². The second kappa shape index (κ2) is 9.06. The predicted molar refractivity (Wildman–Crippen MR) is 77.1 cm³/mol. The molecule has 0 aromatic carbocycles. The Labute approximate surface area is 120 Å². The van der Waals surface area contributed by atoms with Crippen LogP contribution in [-0.2, 0) is 21.3 Å². The first-order valence-corrected chi connectivity index (χ1v) is 8.24. The van der Waals surface area contributed by atoms with E-state index in [-0.39, 0.29) is 4.90 Å². The van der Waals surface area contributed by atoms with Gasteiger partial charge in [-0.05, 0) is 32.9 Å². The summed E-state index contributed by atoms with van der Waals surface area (Å²) in [5.41, 5.74) is 0. The minimum Gasteiger partial charge on any atom is -0.385 e. The monoisotopic (exact) mass is 304 g/mol. The van der Waals surface area contributed by atoms with Crippen LogP contribution in [0.25, 0.3) is 0 Å². The van der Waals surface area contributed by atoms with Crippen molar-refractivity contribution in [2.45, 2.75) is 30.7 Å². The van der Waals surface area contributed by atoms with E-state index in [4.69, 9.17) is 4.74 Å². The molecule has 8 heteroatoms. The number of hydrogen-bond donors (Lipinski definition) is 2. The highest BCUT2D eigenvalue weighted by Gasteiger charge is 2.15. The minimum atomic E-state index is -3.45. The Morgan fingerprint density at radius 3 is 2.80 bits per heavy atom. The summed E-state index contributed by atoms with van der Waals surface area (Å²) >= 11 is 0. The number of ether oxygens (including phenoxy) is 1. The molecular weight excluding hydrogens is 280 g/mol. The summed E-state index contributed by atoms with van der Waals surface area (Å²) < 4.78 is 33.1. The number of unbranched alkanes of at least 4 members (excludes halogenated alkanes) is 1. The summed E-state index contributed by atoms with van der Waals surface area (Å²) in [4.78, 5) is 0.216. The largest absolute Gasteiger partial charge is 0.385 e. The maximum Gasteiger partial charge on any atom is 0.243 e. The molecule has 0 bridgehead atoms. The van der Waals surface area contributed by atoms with Crippen molar-refractivity contribution in [1.29, 1.82) is 0 Å². The fourth-order valence-electron chi connectivity index (χ4n) is 1.68. The van der Waals surface area contributed by atoms with E-state index >= 15 is 0 Å². The third-order valence-electron chi connectivity index (χ3n) is 2.80. The Kier molecular flexibility index (Phi) is 7.75. The number of hydrogen-bond acceptors (Lipinski definition) is 5. The molecule has 0 spiro atoms. The SMILES string of the molecule is CNCCCn1cc(S(=O)(=O)NCCCCOC)cn1. The van der Waals surface area contributed by atoms with E-state index in [1.807, 2.05) is 7.05 Å². The summed E-state index contributed by atoms with van der Waals surface area (Å²) in [6, 6.07) is 0. The van der Waals surface area contributed by atoms with E-state index in [0.717, 1.165) is 25.8 Å². The van der Waals surface area contributed by atoms with Crippen LogP contribution in [0.15, 0.2) is 17.3 Å². The number of aromatic nitrogens is 2. The molecule has 0 saturated heterocycles. The first kappa shape index (κ1) is 17.1. The van der Waals surface area contributed by atoms with Gasteiger partial charge >= 0.3 is 0 Å². The van der Waals surface area contributed by atoms with Crippen molar-refractivity contribution in [3.05, 3.63) is 12.4 Å². The first-order valence-electron chi connectivity index (χ1n) is 6.76. The minimum absolute atomic E-state index is 0.216. The third kappa shape index (κ3) is 6.00. The number of methoxy groups -OCH3 is 1. The highest BCUT2D eigenvalue weighted by Crippen LogP contribution is 2.07. The van der Waals surface area contributed by atoms with Gasteiger partial charge in [0.15, 0.2) is 0 Å². The van der Waals surface area contributed by atoms with E-state index in [9.17, 15) is 8.42 Å². The van der Waals surface area contributed by atoms with Crippen molar-refractivity contribution in [3.8, 4) is 0 Å². The average molecular weight is 304 g/mol. The van der Waals surface area contributed by atoms with Crippen LogP contribution in [-0.4, -0.2) is 52.1 Å². The van der Waals surface area contributed by atoms with Crippen molar-refractivity contribution in [2.75, 3.05) is 33.9 Å². The molecule has 0 radical (unpaired) electrons. The summed E-state index contributed by atoms with van der Waals surface area (Å²) in [5.74, 6) is 0. The Hall–Kier alpha value is -0.960. The van der Waals surface area contributed by atoms with Crippen LogP contribution in [0.2, 0.25) is 0 Å². The number of sulfonamides is 1. The highest BCUT2D eigenvalue weighted by atomic mass is 32.2. The summed E-state index contributed by atoms with van der Waals surface area (Å²) in [7, 11) is 0.0660. The molecule has 0 aliphatic carbocycles. The van der Waals surface area contributed by atoms with Crippen molar-refractivity contribution in [3.63, 3.8) is 0 Å². The fourth-order valence-corrected chi connectivity index (χ4v) is 2.71. The molecule has 1 rings (SSSR count). The fraction of sp³-hybridized carbons (Fsp3) is 0.750. The average Bonchev–Trinajstić information content (AvgIpc) is 2.88. The Morgan fingerprint density at radius 2 is 2.10 bits per heavy atom. The molecule has 1 aromatic rings. The van der Waals surface area contributed by atoms with Gasteiger partial charge in [-0.3, -0.25) is 4.68 Å². The van der Waals surface area contributed by atoms with Gasteiger partial charge < -0.3 is 10.1 Å². The van der Waals surface area contributed by atoms with Gasteiger partial charge in [-0.15, -0.1) is 0 Å². The van der Waals surface area contributed by atoms with Gasteiger partial charge in [0.1, 0.15) is 4.90 Å². The van der Waals surface area contributed by atoms with Crippen LogP contribution in [0.4, 0.5) is 0 Å². The van der Waals surface area contributed by atoms with Crippen LogP contribution in [0, 0.1) is 0 Å². The summed E-state index contributed by atoms with van der Waals surface area (Å²) in [6.45, 7) is 2.63. The molecular formula is C12H24N4O3S. The van der Waals surface area contributed by atoms with Crippen LogP contribution in [0.1, 0.15) is 19.3 Å². The lowest BCUT2D eigenvalue weighted by molar-refractivity contribution is 0.193. The molecule has 1 aromatic heterocycles. The molecule has 0 unspecified atom stereocenters. The second-order valence-corrected chi connectivity index (χ2v) is 6.26. The standard InChI is InChI=1S/C12H24N4O3S/c1-13-6-5-8-16-11-12(10-14-16)20(17,18)15-7-3-4-9-19-2/h10-11,13,15H,3-9H2,1-2H3. The van der Waals surface area contributed by atoms with Crippen molar-refractivity contribution in [1.82, 2.24) is 19.8 Å². The molecule has 0 aliphatic heterocycles. The van der Waals surface area contributed by atoms with Gasteiger partial charge in [0.25, 0.3) is 0 Å². The van der Waals surface area contributed by atoms with Crippen LogP contribution in [0.3, 0.4) is 0 Å². The molecule has 0 fully saturated rings. The van der Waals surface area contributed by atoms with Crippen molar-refractivity contribution in [2.24, 2.45) is 0 Å². The Balaban J connectivity index is 2.42. The molecule has 0 atom stereocenters. The normalized spacial score (nSPS) is 11.9. The Bertz CT molecular complexity index is 473. The van der Waals surface area contributed by atoms with E-state index in [1.54, 1.807) is 18.0 Å². The number of rotatable bonds is 11. The third-order valence-corrected chi connectivity index (χ3v) is 4.22. The maximum atomic E-state index is 12.0. The number of nitrogens with zero attached hydrogens (tertiary/aromatic N) is 2. The zero-order chi connectivity index (χ0) is 14.8. The first-order chi connectivity index (χ1) is 9.60. The zero-order valence-electron chi connectivity index (χ0n) is 12.1. The molecule has 0 amide bonds. The smallest absolute Gasteiger partial charge is 0.243 e. The predicted octanol–water partition coefficient (Wildman–Crippen LogP) is 0.198. The van der Waals surface area contributed by atoms with E-state index in [2.05, 4.69) is 15.1 Å². The molecule has 0 saturated carbocycles. The lowest BCUT2D eigenvalue weighted by Gasteiger charge is -2.04. The van der Waals surface area contributed by atoms with Crippen LogP contribution in [0.5, 0.6) is 0 Å². The Morgan fingerprint density at radius 1 is 1.30 bits per heavy atom. The summed E-state index contributed by atoms with van der Waals surface area (Å²) in [6.07, 6.45) is 5.44. The van der Waals surface area contributed by atoms with Gasteiger partial charge in [-0.25, -0.2) is 13.1 Å². The molecule has 116 valence electrons. The van der Waals surface area contributed by atoms with E-state index < -0.39 is 10.0 Å². The van der Waals surface area contributed by atoms with Gasteiger partial charge in [0.2, 0.25) is 10.0 Å². The van der Waals surface area contributed by atoms with Crippen LogP contribution < -0.4 is 10.0 Å². The number of nitrogens with one attached hydrogen (secondary N) is 2. The van der Waals surface area contributed by atoms with Gasteiger partial charge in [0, 0.05) is 33.0 Å². The van der Waals surface area contributed by atoms with Crippen LogP contribution >= 0.6 is 0 Å². The lowest BCUT2D eigenvalue weighted by atomic mass is 10.3. The second-order valence-electron chi connectivity index (χ2n) is 4.49. The maximum absolute atomic E-state index is 12.0. The molecule has 1 heterocycles. The topological polar surface area (TPSA) is 85.2 Å². The van der Waals surface area contributed by atoms with E-state index in [0.29, 0.717) is 19.7 Å². The summed E-state index contributed by atoms with van der Waals surface area (Å²) in [5, 5.41) is 7.10. The molecule has 0 aliphatic rings. The van der Waals surface area contributed by atoms with Gasteiger partial charge in [-0.2, -0.15) is 5.10 Å². The molecule has 7 nitrogen and oxygen atoms in total. The van der Waals surface area contributed by atoms with Gasteiger partial charge in [-0.1, -0.05) is 0 Å². The zero-order valence-corrected chi connectivity index (χ0v) is 12.9. The lowest BCUT2D eigenvalue weighted by Crippen LogP contribution is -2.24. The molecule has 20 heavy (non-hydrogen) atoms. The highest BCUT2D eigenvalue weighted by molar-refractivity contribution is 7.89. The van der Waals surface area contributed by atoms with Gasteiger partial charge in [0.05, 0.1) is 6.20 Å². The molecule has 2 N–H and O–H groups in total. The van der Waals surface area contributed by atoms with Crippen molar-refractivity contribution < 1.29 is 13.2 Å². The number of aryl methyl sites for hydroxylation is 1.